The zero-order chi connectivity index (χ0) is 11.5. The normalized spacial score (nSPS) is 19.9. The van der Waals surface area contributed by atoms with Crippen molar-refractivity contribution < 1.29 is 9.53 Å². The second-order valence-corrected chi connectivity index (χ2v) is 3.97. The van der Waals surface area contributed by atoms with Gasteiger partial charge >= 0.3 is 0 Å². The Hall–Kier alpha value is -1.58. The second-order valence-electron chi connectivity index (χ2n) is 3.97. The van der Waals surface area contributed by atoms with E-state index in [-0.39, 0.29) is 11.9 Å². The highest BCUT2D eigenvalue weighted by atomic mass is 16.5. The van der Waals surface area contributed by atoms with Crippen LogP contribution in [0.25, 0.3) is 0 Å². The predicted octanol–water partition coefficient (Wildman–Crippen LogP) is 1.77. The molecule has 0 radical (unpaired) electrons. The lowest BCUT2D eigenvalue weighted by molar-refractivity contribution is -0.129. The molecule has 2 heterocycles. The average Bonchev–Trinajstić information content (AvgIpc) is 2.77. The first-order valence-electron chi connectivity index (χ1n) is 5.50. The summed E-state index contributed by atoms with van der Waals surface area (Å²) in [5.74, 6) is 0.744. The Balaban J connectivity index is 2.32. The SMILES string of the molecule is COc1ncccc1[C@@H]1CCCN1C(C)=O. The number of rotatable bonds is 2. The lowest BCUT2D eigenvalue weighted by Crippen LogP contribution is -2.28. The minimum absolute atomic E-state index is 0.119. The maximum atomic E-state index is 11.5. The van der Waals surface area contributed by atoms with Crippen LogP contribution < -0.4 is 4.74 Å². The quantitative estimate of drug-likeness (QED) is 0.763. The molecule has 1 fully saturated rings. The average molecular weight is 220 g/mol. The number of carbonyl (C=O) groups excluding carboxylic acids is 1. The fraction of sp³-hybridized carbons (Fsp3) is 0.500. The monoisotopic (exact) mass is 220 g/mol. The summed E-state index contributed by atoms with van der Waals surface area (Å²) in [4.78, 5) is 17.6. The van der Waals surface area contributed by atoms with Crippen LogP contribution in [0.5, 0.6) is 5.88 Å². The molecule has 1 aromatic heterocycles. The summed E-state index contributed by atoms with van der Waals surface area (Å²) in [6.45, 7) is 2.44. The third-order valence-electron chi connectivity index (χ3n) is 3.01. The molecule has 1 aliphatic rings. The molecule has 1 atom stereocenters. The van der Waals surface area contributed by atoms with Crippen LogP contribution >= 0.6 is 0 Å². The molecule has 1 amide bonds. The molecule has 0 aliphatic carbocycles. The van der Waals surface area contributed by atoms with Crippen LogP contribution in [0.4, 0.5) is 0 Å². The number of carbonyl (C=O) groups is 1. The molecule has 16 heavy (non-hydrogen) atoms. The Morgan fingerprint density at radius 3 is 3.12 bits per heavy atom. The van der Waals surface area contributed by atoms with Crippen molar-refractivity contribution in [2.45, 2.75) is 25.8 Å². The highest BCUT2D eigenvalue weighted by molar-refractivity contribution is 5.74. The number of ether oxygens (including phenoxy) is 1. The van der Waals surface area contributed by atoms with E-state index < -0.39 is 0 Å². The van der Waals surface area contributed by atoms with Crippen molar-refractivity contribution in [3.63, 3.8) is 0 Å². The van der Waals surface area contributed by atoms with E-state index in [2.05, 4.69) is 4.98 Å². The number of likely N-dealkylation sites (tertiary alicyclic amines) is 1. The third-order valence-corrected chi connectivity index (χ3v) is 3.01. The van der Waals surface area contributed by atoms with Crippen LogP contribution in [0.15, 0.2) is 18.3 Å². The summed E-state index contributed by atoms with van der Waals surface area (Å²) < 4.78 is 5.24. The lowest BCUT2D eigenvalue weighted by atomic mass is 10.1. The number of pyridine rings is 1. The Morgan fingerprint density at radius 2 is 2.44 bits per heavy atom. The minimum atomic E-state index is 0.119. The van der Waals surface area contributed by atoms with Gasteiger partial charge in [0.2, 0.25) is 11.8 Å². The van der Waals surface area contributed by atoms with Gasteiger partial charge in [-0.2, -0.15) is 0 Å². The van der Waals surface area contributed by atoms with E-state index in [0.717, 1.165) is 24.9 Å². The molecule has 0 unspecified atom stereocenters. The van der Waals surface area contributed by atoms with Gasteiger partial charge in [0.1, 0.15) is 0 Å². The number of amides is 1. The molecule has 4 nitrogen and oxygen atoms in total. The predicted molar refractivity (Wildman–Crippen MR) is 60.2 cm³/mol. The summed E-state index contributed by atoms with van der Waals surface area (Å²) in [5, 5.41) is 0. The zero-order valence-electron chi connectivity index (χ0n) is 9.64. The van der Waals surface area contributed by atoms with Crippen molar-refractivity contribution in [3.8, 4) is 5.88 Å². The van der Waals surface area contributed by atoms with E-state index in [1.54, 1.807) is 20.2 Å². The molecule has 0 aromatic carbocycles. The standard InChI is InChI=1S/C12H16N2O2/c1-9(15)14-8-4-6-11(14)10-5-3-7-13-12(10)16-2/h3,5,7,11H,4,6,8H2,1-2H3/t11-/m0/s1. The largest absolute Gasteiger partial charge is 0.481 e. The summed E-state index contributed by atoms with van der Waals surface area (Å²) >= 11 is 0. The summed E-state index contributed by atoms with van der Waals surface area (Å²) in [6, 6.07) is 3.99. The molecular weight excluding hydrogens is 204 g/mol. The maximum Gasteiger partial charge on any atom is 0.219 e. The Morgan fingerprint density at radius 1 is 1.62 bits per heavy atom. The first kappa shape index (κ1) is 10.9. The Labute approximate surface area is 95.2 Å². The van der Waals surface area contributed by atoms with Gasteiger partial charge in [0.25, 0.3) is 0 Å². The van der Waals surface area contributed by atoms with Crippen LogP contribution in [0.3, 0.4) is 0 Å². The fourth-order valence-corrected chi connectivity index (χ4v) is 2.29. The van der Waals surface area contributed by atoms with Gasteiger partial charge in [-0.15, -0.1) is 0 Å². The first-order chi connectivity index (χ1) is 7.74. The number of hydrogen-bond acceptors (Lipinski definition) is 3. The summed E-state index contributed by atoms with van der Waals surface area (Å²) in [5.41, 5.74) is 1.01. The van der Waals surface area contributed by atoms with Gasteiger partial charge in [-0.25, -0.2) is 4.98 Å². The van der Waals surface area contributed by atoms with Crippen molar-refractivity contribution in [1.82, 2.24) is 9.88 Å². The number of aromatic nitrogens is 1. The molecule has 0 spiro atoms. The molecule has 86 valence electrons. The van der Waals surface area contributed by atoms with E-state index in [0.29, 0.717) is 5.88 Å². The number of hydrogen-bond donors (Lipinski definition) is 0. The summed E-state index contributed by atoms with van der Waals surface area (Å²) in [7, 11) is 1.61. The van der Waals surface area contributed by atoms with Gasteiger partial charge in [0, 0.05) is 25.2 Å². The van der Waals surface area contributed by atoms with Crippen LogP contribution in [0.1, 0.15) is 31.4 Å². The van der Waals surface area contributed by atoms with E-state index in [9.17, 15) is 4.79 Å². The first-order valence-corrected chi connectivity index (χ1v) is 5.50. The smallest absolute Gasteiger partial charge is 0.219 e. The molecule has 1 saturated heterocycles. The molecule has 1 aliphatic heterocycles. The van der Waals surface area contributed by atoms with Gasteiger partial charge < -0.3 is 9.64 Å². The van der Waals surface area contributed by atoms with E-state index in [1.165, 1.54) is 0 Å². The van der Waals surface area contributed by atoms with Crippen molar-refractivity contribution >= 4 is 5.91 Å². The number of nitrogens with zero attached hydrogens (tertiary/aromatic N) is 2. The molecule has 4 heteroatoms. The lowest BCUT2D eigenvalue weighted by Gasteiger charge is -2.24. The molecule has 0 saturated carbocycles. The van der Waals surface area contributed by atoms with Gasteiger partial charge in [-0.05, 0) is 18.9 Å². The molecule has 2 rings (SSSR count). The van der Waals surface area contributed by atoms with Gasteiger partial charge in [0.05, 0.1) is 13.2 Å². The van der Waals surface area contributed by atoms with Crippen LogP contribution in [0, 0.1) is 0 Å². The zero-order valence-corrected chi connectivity index (χ0v) is 9.64. The van der Waals surface area contributed by atoms with Gasteiger partial charge in [0.15, 0.2) is 0 Å². The van der Waals surface area contributed by atoms with Gasteiger partial charge in [-0.1, -0.05) is 6.07 Å². The highest BCUT2D eigenvalue weighted by Gasteiger charge is 2.30. The van der Waals surface area contributed by atoms with Crippen molar-refractivity contribution in [2.75, 3.05) is 13.7 Å². The van der Waals surface area contributed by atoms with Crippen molar-refractivity contribution in [2.24, 2.45) is 0 Å². The van der Waals surface area contributed by atoms with Crippen LogP contribution in [0.2, 0.25) is 0 Å². The van der Waals surface area contributed by atoms with Gasteiger partial charge in [-0.3, -0.25) is 4.79 Å². The summed E-state index contributed by atoms with van der Waals surface area (Å²) in [6.07, 6.45) is 3.74. The maximum absolute atomic E-state index is 11.5. The number of methoxy groups -OCH3 is 1. The Kier molecular flexibility index (Phi) is 3.08. The molecule has 0 bridgehead atoms. The molecule has 1 aromatic rings. The molecule has 0 N–H and O–H groups in total. The fourth-order valence-electron chi connectivity index (χ4n) is 2.29. The Bertz CT molecular complexity index is 392. The van der Waals surface area contributed by atoms with E-state index in [4.69, 9.17) is 4.74 Å². The van der Waals surface area contributed by atoms with E-state index in [1.807, 2.05) is 17.0 Å². The third kappa shape index (κ3) is 1.87. The topological polar surface area (TPSA) is 42.4 Å². The van der Waals surface area contributed by atoms with Crippen LogP contribution in [-0.2, 0) is 4.79 Å². The molecular formula is C12H16N2O2. The minimum Gasteiger partial charge on any atom is -0.481 e. The highest BCUT2D eigenvalue weighted by Crippen LogP contribution is 2.35. The van der Waals surface area contributed by atoms with E-state index >= 15 is 0 Å². The van der Waals surface area contributed by atoms with Crippen molar-refractivity contribution in [3.05, 3.63) is 23.9 Å². The van der Waals surface area contributed by atoms with Crippen molar-refractivity contribution in [1.29, 1.82) is 0 Å². The second kappa shape index (κ2) is 4.51. The van der Waals surface area contributed by atoms with Crippen LogP contribution in [-0.4, -0.2) is 29.4 Å².